The molecule has 10 nitrogen and oxygen atoms in total. The second-order valence-corrected chi connectivity index (χ2v) is 11.2. The van der Waals surface area contributed by atoms with Crippen molar-refractivity contribution in [1.82, 2.24) is 20.3 Å². The Bertz CT molecular complexity index is 1770. The largest absolute Gasteiger partial charge is 0.573 e. The standard InChI is InChI=1S/C28H25F5N6O4/c1-11-18-19-25(36-21(11)17-7-35-10-41-17)39-8-27(9-40)4-3-16(38-27)23(39)12(2)42-26(19)37-22(20(18)30)14-5-13(34)6-15(29)24(14)43-28(31,32)33/h5-7,10,12,16,23,38,40H,3-4,8-9,34H2,1-2H3/t12-,16-,23+,27+/m0/s1. The van der Waals surface area contributed by atoms with Gasteiger partial charge in [-0.15, -0.1) is 13.2 Å². The Morgan fingerprint density at radius 1 is 1.21 bits per heavy atom. The van der Waals surface area contributed by atoms with Crippen LogP contribution in [0.2, 0.25) is 0 Å². The predicted molar refractivity (Wildman–Crippen MR) is 143 cm³/mol. The van der Waals surface area contributed by atoms with Crippen molar-refractivity contribution in [1.29, 1.82) is 0 Å². The van der Waals surface area contributed by atoms with Crippen LogP contribution in [0.4, 0.5) is 33.5 Å². The van der Waals surface area contributed by atoms with E-state index in [4.69, 9.17) is 19.9 Å². The van der Waals surface area contributed by atoms with Gasteiger partial charge in [0.05, 0.1) is 35.3 Å². The van der Waals surface area contributed by atoms with E-state index in [1.165, 1.54) is 12.6 Å². The Morgan fingerprint density at radius 2 is 2.00 bits per heavy atom. The number of hydrogen-bond acceptors (Lipinski definition) is 10. The van der Waals surface area contributed by atoms with Gasteiger partial charge >= 0.3 is 6.36 Å². The quantitative estimate of drug-likeness (QED) is 0.227. The Morgan fingerprint density at radius 3 is 2.70 bits per heavy atom. The maximum Gasteiger partial charge on any atom is 0.573 e. The van der Waals surface area contributed by atoms with Gasteiger partial charge < -0.3 is 34.9 Å². The van der Waals surface area contributed by atoms with Crippen LogP contribution in [0.1, 0.15) is 25.3 Å². The van der Waals surface area contributed by atoms with Crippen LogP contribution in [0.25, 0.3) is 33.5 Å². The number of rotatable bonds is 4. The first-order valence-corrected chi connectivity index (χ1v) is 13.5. The Kier molecular flexibility index (Phi) is 6.02. The molecule has 0 radical (unpaired) electrons. The summed E-state index contributed by atoms with van der Waals surface area (Å²) in [6, 6.07) is 1.14. The molecule has 0 aliphatic carbocycles. The molecule has 3 aliphatic rings. The van der Waals surface area contributed by atoms with Crippen molar-refractivity contribution in [2.45, 2.75) is 56.8 Å². The van der Waals surface area contributed by atoms with Crippen molar-refractivity contribution in [3.8, 4) is 34.3 Å². The number of nitrogens with two attached hydrogens (primary N) is 1. The third-order valence-corrected chi connectivity index (χ3v) is 8.50. The average Bonchev–Trinajstić information content (AvgIpc) is 3.57. The van der Waals surface area contributed by atoms with E-state index in [-0.39, 0.29) is 58.0 Å². The van der Waals surface area contributed by atoms with Crippen molar-refractivity contribution in [3.63, 3.8) is 0 Å². The molecule has 43 heavy (non-hydrogen) atoms. The fourth-order valence-electron chi connectivity index (χ4n) is 6.74. The van der Waals surface area contributed by atoms with Crippen LogP contribution < -0.4 is 25.4 Å². The number of aromatic nitrogens is 3. The number of ether oxygens (including phenoxy) is 2. The van der Waals surface area contributed by atoms with E-state index in [1.807, 2.05) is 4.90 Å². The van der Waals surface area contributed by atoms with Crippen LogP contribution in [0.15, 0.2) is 29.1 Å². The van der Waals surface area contributed by atoms with Crippen LogP contribution in [0.5, 0.6) is 11.6 Å². The van der Waals surface area contributed by atoms with Gasteiger partial charge in [-0.1, -0.05) is 0 Å². The van der Waals surface area contributed by atoms with E-state index in [1.54, 1.807) is 13.8 Å². The highest BCUT2D eigenvalue weighted by Crippen LogP contribution is 2.49. The van der Waals surface area contributed by atoms with Crippen LogP contribution in [-0.2, 0) is 0 Å². The van der Waals surface area contributed by atoms with Gasteiger partial charge in [0.2, 0.25) is 5.88 Å². The molecule has 226 valence electrons. The number of oxazole rings is 1. The monoisotopic (exact) mass is 604 g/mol. The lowest BCUT2D eigenvalue weighted by molar-refractivity contribution is -0.275. The molecule has 2 bridgehead atoms. The number of hydrogen-bond donors (Lipinski definition) is 3. The van der Waals surface area contributed by atoms with Crippen molar-refractivity contribution in [2.75, 3.05) is 23.8 Å². The number of nitrogen functional groups attached to an aromatic ring is 1. The van der Waals surface area contributed by atoms with Crippen LogP contribution in [0, 0.1) is 18.6 Å². The average molecular weight is 605 g/mol. The first-order chi connectivity index (χ1) is 20.4. The number of aryl methyl sites for hydroxylation is 1. The topological polar surface area (TPSA) is 132 Å². The van der Waals surface area contributed by atoms with Crippen LogP contribution in [-0.4, -0.2) is 63.3 Å². The first-order valence-electron chi connectivity index (χ1n) is 13.5. The summed E-state index contributed by atoms with van der Waals surface area (Å²) in [7, 11) is 0. The summed E-state index contributed by atoms with van der Waals surface area (Å²) in [5.74, 6) is -3.40. The molecule has 3 aliphatic heterocycles. The normalized spacial score (nSPS) is 24.6. The summed E-state index contributed by atoms with van der Waals surface area (Å²) in [5.41, 5.74) is 4.05. The highest BCUT2D eigenvalue weighted by Gasteiger charge is 2.53. The SMILES string of the molecule is Cc1c(-c2cnco2)nc2c3c(nc(-c4cc(N)cc(F)c4OC(F)(F)F)c(F)c13)O[C@@H](C)[C@@H]1[C@@H]3CC[C@](CO)(CN21)N3. The molecular formula is C28H25F5N6O4. The minimum absolute atomic E-state index is 0.0750. The molecule has 0 amide bonds. The molecule has 4 N–H and O–H groups in total. The van der Waals surface area contributed by atoms with E-state index >= 15 is 4.39 Å². The molecule has 2 saturated heterocycles. The summed E-state index contributed by atoms with van der Waals surface area (Å²) in [5, 5.41) is 13.9. The number of fused-ring (bicyclic) bond motifs is 5. The van der Waals surface area contributed by atoms with Gasteiger partial charge in [-0.05, 0) is 38.3 Å². The summed E-state index contributed by atoms with van der Waals surface area (Å²) >= 11 is 0. The lowest BCUT2D eigenvalue weighted by atomic mass is 9.94. The Labute approximate surface area is 240 Å². The maximum absolute atomic E-state index is 16.8. The number of halogens is 5. The number of aliphatic hydroxyl groups excluding tert-OH is 1. The fraction of sp³-hybridized carbons (Fsp3) is 0.393. The predicted octanol–water partition coefficient (Wildman–Crippen LogP) is 4.47. The van der Waals surface area contributed by atoms with Gasteiger partial charge in [0.15, 0.2) is 29.5 Å². The summed E-state index contributed by atoms with van der Waals surface area (Å²) in [6.07, 6.45) is -1.86. The zero-order valence-corrected chi connectivity index (χ0v) is 22.8. The number of nitrogens with zero attached hydrogens (tertiary/aromatic N) is 4. The molecule has 0 unspecified atom stereocenters. The van der Waals surface area contributed by atoms with Crippen LogP contribution in [0.3, 0.4) is 0 Å². The Hall–Kier alpha value is -4.24. The van der Waals surface area contributed by atoms with Gasteiger partial charge in [-0.3, -0.25) is 0 Å². The highest BCUT2D eigenvalue weighted by molar-refractivity contribution is 6.03. The number of alkyl halides is 3. The number of anilines is 2. The second kappa shape index (κ2) is 9.38. The summed E-state index contributed by atoms with van der Waals surface area (Å²) < 4.78 is 87.6. The van der Waals surface area contributed by atoms with E-state index in [0.717, 1.165) is 12.5 Å². The minimum Gasteiger partial charge on any atom is -0.472 e. The minimum atomic E-state index is -5.29. The molecular weight excluding hydrogens is 579 g/mol. The van der Waals surface area contributed by atoms with Gasteiger partial charge in [0.25, 0.3) is 0 Å². The zero-order chi connectivity index (χ0) is 30.4. The van der Waals surface area contributed by atoms with E-state index in [2.05, 4.69) is 20.0 Å². The van der Waals surface area contributed by atoms with E-state index in [0.29, 0.717) is 24.8 Å². The van der Waals surface area contributed by atoms with Gasteiger partial charge in [0, 0.05) is 29.7 Å². The maximum atomic E-state index is 16.8. The lowest BCUT2D eigenvalue weighted by Crippen LogP contribution is -2.68. The first kappa shape index (κ1) is 27.6. The molecule has 4 atom stereocenters. The number of benzene rings is 1. The molecule has 0 spiro atoms. The number of aliphatic hydroxyl groups is 1. The molecule has 6 heterocycles. The third-order valence-electron chi connectivity index (χ3n) is 8.50. The number of pyridine rings is 2. The second-order valence-electron chi connectivity index (χ2n) is 11.2. The zero-order valence-electron chi connectivity index (χ0n) is 22.8. The van der Waals surface area contributed by atoms with Gasteiger partial charge in [0.1, 0.15) is 23.3 Å². The lowest BCUT2D eigenvalue weighted by Gasteiger charge is -2.47. The van der Waals surface area contributed by atoms with Crippen molar-refractivity contribution in [3.05, 3.63) is 41.9 Å². The van der Waals surface area contributed by atoms with Crippen molar-refractivity contribution in [2.24, 2.45) is 0 Å². The number of nitrogens with one attached hydrogen (secondary N) is 1. The molecule has 3 aromatic heterocycles. The molecule has 15 heteroatoms. The summed E-state index contributed by atoms with van der Waals surface area (Å²) in [4.78, 5) is 15.2. The fourth-order valence-corrected chi connectivity index (χ4v) is 6.74. The van der Waals surface area contributed by atoms with E-state index < -0.39 is 46.6 Å². The number of piperazine rings is 1. The van der Waals surface area contributed by atoms with Crippen molar-refractivity contribution < 1.29 is 40.9 Å². The molecule has 2 fully saturated rings. The molecule has 4 aromatic rings. The third kappa shape index (κ3) is 4.24. The van der Waals surface area contributed by atoms with Crippen LogP contribution >= 0.6 is 0 Å². The van der Waals surface area contributed by atoms with Gasteiger partial charge in [-0.25, -0.2) is 23.7 Å². The Balaban J connectivity index is 1.56. The highest BCUT2D eigenvalue weighted by atomic mass is 19.4. The van der Waals surface area contributed by atoms with Gasteiger partial charge in [-0.2, -0.15) is 0 Å². The van der Waals surface area contributed by atoms with E-state index in [9.17, 15) is 22.7 Å². The molecule has 0 saturated carbocycles. The summed E-state index contributed by atoms with van der Waals surface area (Å²) in [6.45, 7) is 3.53. The molecule has 1 aromatic carbocycles. The smallest absolute Gasteiger partial charge is 0.472 e. The van der Waals surface area contributed by atoms with Crippen molar-refractivity contribution >= 4 is 22.3 Å². The molecule has 7 rings (SSSR count).